The van der Waals surface area contributed by atoms with Crippen molar-refractivity contribution in [3.8, 4) is 12.3 Å². The van der Waals surface area contributed by atoms with Crippen molar-refractivity contribution in [3.05, 3.63) is 22.5 Å². The van der Waals surface area contributed by atoms with Crippen LogP contribution < -0.4 is 5.32 Å². The first kappa shape index (κ1) is 18.0. The summed E-state index contributed by atoms with van der Waals surface area (Å²) >= 11 is 0. The molecule has 1 aromatic rings. The van der Waals surface area contributed by atoms with Crippen molar-refractivity contribution in [1.29, 1.82) is 0 Å². The van der Waals surface area contributed by atoms with Gasteiger partial charge in [-0.1, -0.05) is 5.92 Å². The molecule has 0 unspecified atom stereocenters. The standard InChI is InChI=1S/C17H15F3N2O4/c1-3-16(6-17(19,20)7-16)21-14(24)13(23)11-8(2)12(15(25)26)22-5-9(18)4-10(11)22/h1,9H,4-7H2,2H3,(H,21,24)(H,25,26)/t9-/m1/s1. The van der Waals surface area contributed by atoms with Gasteiger partial charge in [-0.3, -0.25) is 9.59 Å². The smallest absolute Gasteiger partial charge is 0.352 e. The van der Waals surface area contributed by atoms with E-state index < -0.39 is 48.1 Å². The average molecular weight is 368 g/mol. The predicted octanol–water partition coefficient (Wildman–Crippen LogP) is 1.49. The molecule has 26 heavy (non-hydrogen) atoms. The first-order valence-electron chi connectivity index (χ1n) is 7.82. The van der Waals surface area contributed by atoms with Gasteiger partial charge >= 0.3 is 5.97 Å². The third kappa shape index (κ3) is 2.66. The summed E-state index contributed by atoms with van der Waals surface area (Å²) in [6.45, 7) is 1.12. The normalized spacial score (nSPS) is 22.0. The highest BCUT2D eigenvalue weighted by Gasteiger charge is 2.57. The van der Waals surface area contributed by atoms with E-state index in [2.05, 4.69) is 11.2 Å². The van der Waals surface area contributed by atoms with Crippen molar-refractivity contribution in [3.63, 3.8) is 0 Å². The number of terminal acetylenes is 1. The number of Topliss-reactive ketones (excluding diaryl/α,β-unsaturated/α-hetero) is 1. The van der Waals surface area contributed by atoms with Crippen LogP contribution in [0.1, 0.15) is 44.9 Å². The molecule has 2 N–H and O–H groups in total. The number of alkyl halides is 3. The molecule has 0 spiro atoms. The fourth-order valence-electron chi connectivity index (χ4n) is 3.72. The quantitative estimate of drug-likeness (QED) is 0.479. The van der Waals surface area contributed by atoms with Crippen LogP contribution in [0, 0.1) is 19.3 Å². The fraction of sp³-hybridized carbons (Fsp3) is 0.471. The highest BCUT2D eigenvalue weighted by Crippen LogP contribution is 2.45. The van der Waals surface area contributed by atoms with Gasteiger partial charge in [0.1, 0.15) is 17.4 Å². The molecule has 2 heterocycles. The summed E-state index contributed by atoms with van der Waals surface area (Å²) in [6, 6.07) is 0. The lowest BCUT2D eigenvalue weighted by atomic mass is 9.74. The Balaban J connectivity index is 1.92. The number of fused-ring (bicyclic) bond motifs is 1. The van der Waals surface area contributed by atoms with Crippen LogP contribution in [-0.4, -0.2) is 45.0 Å². The molecule has 0 saturated heterocycles. The number of carbonyl (C=O) groups excluding carboxylic acids is 2. The first-order chi connectivity index (χ1) is 12.0. The number of aromatic nitrogens is 1. The van der Waals surface area contributed by atoms with E-state index in [0.29, 0.717) is 0 Å². The lowest BCUT2D eigenvalue weighted by Crippen LogP contribution is -2.62. The molecule has 0 radical (unpaired) electrons. The zero-order valence-electron chi connectivity index (χ0n) is 13.7. The van der Waals surface area contributed by atoms with Crippen LogP contribution in [0.25, 0.3) is 0 Å². The lowest BCUT2D eigenvalue weighted by Gasteiger charge is -2.43. The van der Waals surface area contributed by atoms with Crippen LogP contribution in [0.15, 0.2) is 0 Å². The maximum Gasteiger partial charge on any atom is 0.352 e. The summed E-state index contributed by atoms with van der Waals surface area (Å²) in [5.74, 6) is -4.62. The Hall–Kier alpha value is -2.76. The topological polar surface area (TPSA) is 88.4 Å². The number of amides is 1. The molecule has 1 aliphatic heterocycles. The predicted molar refractivity (Wildman–Crippen MR) is 82.9 cm³/mol. The molecule has 1 amide bonds. The molecular weight excluding hydrogens is 353 g/mol. The number of nitrogens with one attached hydrogen (secondary N) is 1. The molecule has 138 valence electrons. The Morgan fingerprint density at radius 2 is 1.96 bits per heavy atom. The second-order valence-corrected chi connectivity index (χ2v) is 6.73. The van der Waals surface area contributed by atoms with Gasteiger partial charge in [0.05, 0.1) is 12.1 Å². The molecular formula is C17H15F3N2O4. The summed E-state index contributed by atoms with van der Waals surface area (Å²) in [5, 5.41) is 11.5. The van der Waals surface area contributed by atoms with Crippen molar-refractivity contribution in [2.75, 3.05) is 0 Å². The van der Waals surface area contributed by atoms with Gasteiger partial charge < -0.3 is 15.0 Å². The molecule has 6 nitrogen and oxygen atoms in total. The van der Waals surface area contributed by atoms with E-state index in [4.69, 9.17) is 6.42 Å². The number of hydrogen-bond donors (Lipinski definition) is 2. The number of carbonyl (C=O) groups is 3. The number of halogens is 3. The molecule has 1 aliphatic carbocycles. The van der Waals surface area contributed by atoms with Crippen molar-refractivity contribution in [1.82, 2.24) is 9.88 Å². The van der Waals surface area contributed by atoms with E-state index in [0.717, 1.165) is 4.57 Å². The molecule has 1 saturated carbocycles. The molecule has 0 aromatic carbocycles. The minimum atomic E-state index is -3.02. The Morgan fingerprint density at radius 1 is 1.35 bits per heavy atom. The number of hydrogen-bond acceptors (Lipinski definition) is 3. The maximum absolute atomic E-state index is 13.7. The highest BCUT2D eigenvalue weighted by molar-refractivity contribution is 6.43. The van der Waals surface area contributed by atoms with E-state index in [-0.39, 0.29) is 35.5 Å². The molecule has 0 bridgehead atoms. The molecule has 1 atom stereocenters. The largest absolute Gasteiger partial charge is 0.477 e. The fourth-order valence-corrected chi connectivity index (χ4v) is 3.72. The lowest BCUT2D eigenvalue weighted by molar-refractivity contribution is -0.133. The summed E-state index contributed by atoms with van der Waals surface area (Å²) in [7, 11) is 0. The van der Waals surface area contributed by atoms with Gasteiger partial charge in [-0.2, -0.15) is 0 Å². The number of carboxylic acids is 1. The van der Waals surface area contributed by atoms with Crippen LogP contribution >= 0.6 is 0 Å². The minimum Gasteiger partial charge on any atom is -0.477 e. The van der Waals surface area contributed by atoms with Gasteiger partial charge in [0.15, 0.2) is 0 Å². The maximum atomic E-state index is 13.7. The number of ketones is 1. The summed E-state index contributed by atoms with van der Waals surface area (Å²) in [5.41, 5.74) is -1.95. The molecule has 1 aromatic heterocycles. The molecule has 2 aliphatic rings. The Labute approximate surface area is 146 Å². The van der Waals surface area contributed by atoms with Gasteiger partial charge in [0.25, 0.3) is 17.6 Å². The Bertz CT molecular complexity index is 874. The van der Waals surface area contributed by atoms with Crippen LogP contribution in [0.5, 0.6) is 0 Å². The zero-order valence-corrected chi connectivity index (χ0v) is 13.7. The van der Waals surface area contributed by atoms with Crippen molar-refractivity contribution in [2.24, 2.45) is 0 Å². The zero-order chi connectivity index (χ0) is 19.4. The van der Waals surface area contributed by atoms with Crippen LogP contribution in [0.2, 0.25) is 0 Å². The van der Waals surface area contributed by atoms with Crippen molar-refractivity contribution in [2.45, 2.75) is 50.4 Å². The van der Waals surface area contributed by atoms with Gasteiger partial charge in [-0.05, 0) is 12.5 Å². The monoisotopic (exact) mass is 368 g/mol. The van der Waals surface area contributed by atoms with Crippen molar-refractivity contribution < 1.29 is 32.7 Å². The molecule has 9 heteroatoms. The average Bonchev–Trinajstić information content (AvgIpc) is 2.97. The number of nitrogens with zero attached hydrogens (tertiary/aromatic N) is 1. The molecule has 3 rings (SSSR count). The van der Waals surface area contributed by atoms with E-state index in [1.54, 1.807) is 0 Å². The molecule has 1 fully saturated rings. The Kier molecular flexibility index (Phi) is 3.90. The van der Waals surface area contributed by atoms with E-state index in [9.17, 15) is 32.7 Å². The third-order valence-electron chi connectivity index (χ3n) is 4.80. The SMILES string of the molecule is C#CC1(NC(=O)C(=O)c2c(C)c(C(=O)O)n3c2C[C@@H](F)C3)CC(F)(F)C1. The summed E-state index contributed by atoms with van der Waals surface area (Å²) in [4.78, 5) is 36.3. The van der Waals surface area contributed by atoms with Crippen molar-refractivity contribution >= 4 is 17.7 Å². The van der Waals surface area contributed by atoms with Gasteiger partial charge in [-0.15, -0.1) is 6.42 Å². The van der Waals surface area contributed by atoms with Crippen LogP contribution in [-0.2, 0) is 17.8 Å². The Morgan fingerprint density at radius 3 is 2.46 bits per heavy atom. The second kappa shape index (κ2) is 5.62. The van der Waals surface area contributed by atoms with Crippen LogP contribution in [0.4, 0.5) is 13.2 Å². The van der Waals surface area contributed by atoms with E-state index >= 15 is 0 Å². The second-order valence-electron chi connectivity index (χ2n) is 6.73. The van der Waals surface area contributed by atoms with E-state index in [1.807, 2.05) is 0 Å². The van der Waals surface area contributed by atoms with Crippen LogP contribution in [0.3, 0.4) is 0 Å². The van der Waals surface area contributed by atoms with Gasteiger partial charge in [-0.25, -0.2) is 18.0 Å². The first-order valence-corrected chi connectivity index (χ1v) is 7.82. The van der Waals surface area contributed by atoms with Gasteiger partial charge in [0, 0.05) is 25.0 Å². The minimum absolute atomic E-state index is 0.0354. The number of carboxylic acid groups (broad SMARTS) is 1. The third-order valence-corrected chi connectivity index (χ3v) is 4.80. The highest BCUT2D eigenvalue weighted by atomic mass is 19.3. The summed E-state index contributed by atoms with van der Waals surface area (Å²) < 4.78 is 41.1. The number of rotatable bonds is 4. The van der Waals surface area contributed by atoms with Gasteiger partial charge in [0.2, 0.25) is 0 Å². The summed E-state index contributed by atoms with van der Waals surface area (Å²) in [6.07, 6.45) is 2.07. The number of aromatic carboxylic acids is 1. The van der Waals surface area contributed by atoms with E-state index in [1.165, 1.54) is 6.92 Å².